The summed E-state index contributed by atoms with van der Waals surface area (Å²) in [5.74, 6) is -0.307. The summed E-state index contributed by atoms with van der Waals surface area (Å²) in [5, 5.41) is 3.69. The van der Waals surface area contributed by atoms with Crippen LogP contribution in [0.1, 0.15) is 22.3 Å². The van der Waals surface area contributed by atoms with E-state index in [0.717, 1.165) is 33.2 Å². The zero-order valence-electron chi connectivity index (χ0n) is 20.8. The van der Waals surface area contributed by atoms with Gasteiger partial charge in [-0.25, -0.2) is 9.36 Å². The molecule has 0 saturated carbocycles. The molecule has 36 heavy (non-hydrogen) atoms. The highest BCUT2D eigenvalue weighted by molar-refractivity contribution is 6.06. The molecule has 0 aliphatic rings. The van der Waals surface area contributed by atoms with Crippen LogP contribution in [-0.2, 0) is 24.9 Å². The van der Waals surface area contributed by atoms with Crippen molar-refractivity contribution >= 4 is 27.8 Å². The van der Waals surface area contributed by atoms with Gasteiger partial charge < -0.3 is 9.88 Å². The average molecular weight is 481 g/mol. The molecule has 7 nitrogen and oxygen atoms in total. The Morgan fingerprint density at radius 1 is 0.861 bits per heavy atom. The Hall–Kier alpha value is -4.39. The largest absolute Gasteiger partial charge is 0.350 e. The molecule has 0 spiro atoms. The number of nitrogens with one attached hydrogen (secondary N) is 1. The molecule has 3 aromatic carbocycles. The third kappa shape index (κ3) is 3.92. The fourth-order valence-electron chi connectivity index (χ4n) is 4.75. The summed E-state index contributed by atoms with van der Waals surface area (Å²) in [4.78, 5) is 40.8. The van der Waals surface area contributed by atoms with Crippen molar-refractivity contribution in [2.24, 2.45) is 7.05 Å². The monoisotopic (exact) mass is 480 g/mol. The molecule has 0 aliphatic heterocycles. The maximum Gasteiger partial charge on any atom is 0.336 e. The van der Waals surface area contributed by atoms with Gasteiger partial charge in [-0.15, -0.1) is 0 Å². The Morgan fingerprint density at radius 2 is 1.56 bits per heavy atom. The first-order valence-corrected chi connectivity index (χ1v) is 11.9. The number of carbonyl (C=O) groups excluding carboxylic acids is 1. The van der Waals surface area contributed by atoms with Crippen LogP contribution in [0.4, 0.5) is 0 Å². The van der Waals surface area contributed by atoms with Crippen LogP contribution in [0.15, 0.2) is 76.3 Å². The molecular formula is C29H28N4O3. The Bertz CT molecular complexity index is 1750. The molecule has 0 unspecified atom stereocenters. The first-order valence-electron chi connectivity index (χ1n) is 11.9. The molecule has 2 heterocycles. The Balaban J connectivity index is 1.70. The fourth-order valence-corrected chi connectivity index (χ4v) is 4.75. The zero-order chi connectivity index (χ0) is 25.6. The fraction of sp³-hybridized carbons (Fsp3) is 0.207. The zero-order valence-corrected chi connectivity index (χ0v) is 20.8. The van der Waals surface area contributed by atoms with Crippen LogP contribution in [0.2, 0.25) is 0 Å². The van der Waals surface area contributed by atoms with Crippen LogP contribution in [0.25, 0.3) is 27.6 Å². The molecule has 0 saturated heterocycles. The Morgan fingerprint density at radius 3 is 2.28 bits per heavy atom. The van der Waals surface area contributed by atoms with E-state index in [1.807, 2.05) is 82.4 Å². The van der Waals surface area contributed by atoms with Gasteiger partial charge in [-0.1, -0.05) is 59.7 Å². The number of aromatic nitrogens is 3. The van der Waals surface area contributed by atoms with E-state index >= 15 is 0 Å². The molecule has 5 rings (SSSR count). The summed E-state index contributed by atoms with van der Waals surface area (Å²) >= 11 is 0. The molecule has 5 aromatic rings. The molecular weight excluding hydrogens is 452 g/mol. The molecule has 0 aliphatic carbocycles. The average Bonchev–Trinajstić information content (AvgIpc) is 3.14. The summed E-state index contributed by atoms with van der Waals surface area (Å²) in [6.45, 7) is 5.97. The van der Waals surface area contributed by atoms with Gasteiger partial charge in [0, 0.05) is 19.0 Å². The van der Waals surface area contributed by atoms with Gasteiger partial charge in [0.25, 0.3) is 5.56 Å². The number of fused-ring (bicyclic) bond motifs is 3. The van der Waals surface area contributed by atoms with Crippen molar-refractivity contribution in [2.45, 2.75) is 33.9 Å². The van der Waals surface area contributed by atoms with Gasteiger partial charge in [-0.3, -0.25) is 14.2 Å². The van der Waals surface area contributed by atoms with Crippen molar-refractivity contribution in [3.63, 3.8) is 0 Å². The summed E-state index contributed by atoms with van der Waals surface area (Å²) in [6, 6.07) is 21.0. The summed E-state index contributed by atoms with van der Waals surface area (Å²) < 4.78 is 4.41. The first-order chi connectivity index (χ1) is 17.3. The van der Waals surface area contributed by atoms with Crippen molar-refractivity contribution in [3.8, 4) is 5.69 Å². The predicted octanol–water partition coefficient (Wildman–Crippen LogP) is 3.89. The highest BCUT2D eigenvalue weighted by Gasteiger charge is 2.23. The second kappa shape index (κ2) is 9.00. The van der Waals surface area contributed by atoms with Crippen LogP contribution in [0.5, 0.6) is 0 Å². The number of para-hydroxylation sites is 1. The van der Waals surface area contributed by atoms with Gasteiger partial charge in [-0.05, 0) is 50.1 Å². The highest BCUT2D eigenvalue weighted by atomic mass is 16.2. The molecule has 182 valence electrons. The molecule has 0 bridgehead atoms. The van der Waals surface area contributed by atoms with E-state index in [2.05, 4.69) is 5.32 Å². The van der Waals surface area contributed by atoms with E-state index in [0.29, 0.717) is 23.3 Å². The smallest absolute Gasteiger partial charge is 0.336 e. The highest BCUT2D eigenvalue weighted by Crippen LogP contribution is 2.27. The second-order valence-corrected chi connectivity index (χ2v) is 9.33. The molecule has 0 fully saturated rings. The van der Waals surface area contributed by atoms with Crippen molar-refractivity contribution in [2.75, 3.05) is 0 Å². The Kier molecular flexibility index (Phi) is 5.84. The third-order valence-corrected chi connectivity index (χ3v) is 6.69. The van der Waals surface area contributed by atoms with Gasteiger partial charge in [0.1, 0.15) is 12.1 Å². The number of amides is 1. The quantitative estimate of drug-likeness (QED) is 0.415. The summed E-state index contributed by atoms with van der Waals surface area (Å²) in [7, 11) is 1.82. The maximum absolute atomic E-state index is 13.9. The molecule has 0 atom stereocenters. The van der Waals surface area contributed by atoms with Crippen LogP contribution in [0, 0.1) is 20.8 Å². The standard InChI is InChI=1S/C29H28N4O3/c1-18-9-12-21(13-10-18)16-30-25(34)17-32-26-22-15-19(2)11-14-24(22)31(4)27(26)28(35)33(29(32)36)23-8-6-5-7-20(23)3/h5-15H,16-17H2,1-4H3,(H,30,34). The minimum atomic E-state index is -0.540. The number of rotatable bonds is 5. The molecule has 1 N–H and O–H groups in total. The number of benzene rings is 3. The predicted molar refractivity (Wildman–Crippen MR) is 143 cm³/mol. The third-order valence-electron chi connectivity index (χ3n) is 6.69. The van der Waals surface area contributed by atoms with Crippen LogP contribution < -0.4 is 16.6 Å². The van der Waals surface area contributed by atoms with Crippen molar-refractivity contribution < 1.29 is 4.79 Å². The number of carbonyl (C=O) groups is 1. The van der Waals surface area contributed by atoms with Gasteiger partial charge in [-0.2, -0.15) is 0 Å². The normalized spacial score (nSPS) is 11.3. The lowest BCUT2D eigenvalue weighted by Gasteiger charge is -2.14. The first kappa shape index (κ1) is 23.4. The topological polar surface area (TPSA) is 78.0 Å². The van der Waals surface area contributed by atoms with Gasteiger partial charge in [0.2, 0.25) is 5.91 Å². The maximum atomic E-state index is 13.9. The minimum Gasteiger partial charge on any atom is -0.350 e. The molecule has 0 radical (unpaired) electrons. The van der Waals surface area contributed by atoms with Crippen LogP contribution >= 0.6 is 0 Å². The molecule has 2 aromatic heterocycles. The second-order valence-electron chi connectivity index (χ2n) is 9.33. The van der Waals surface area contributed by atoms with E-state index in [1.54, 1.807) is 16.7 Å². The number of nitrogens with zero attached hydrogens (tertiary/aromatic N) is 3. The Labute approximate surface area is 208 Å². The molecule has 1 amide bonds. The summed E-state index contributed by atoms with van der Waals surface area (Å²) in [6.07, 6.45) is 0. The lowest BCUT2D eigenvalue weighted by molar-refractivity contribution is -0.121. The van der Waals surface area contributed by atoms with Crippen molar-refractivity contribution in [3.05, 3.63) is 110 Å². The summed E-state index contributed by atoms with van der Waals surface area (Å²) in [5.41, 5.74) is 5.14. The van der Waals surface area contributed by atoms with E-state index < -0.39 is 11.2 Å². The van der Waals surface area contributed by atoms with E-state index in [1.165, 1.54) is 9.13 Å². The van der Waals surface area contributed by atoms with Crippen molar-refractivity contribution in [1.29, 1.82) is 0 Å². The molecule has 7 heteroatoms. The van der Waals surface area contributed by atoms with Gasteiger partial charge in [0.05, 0.1) is 16.7 Å². The minimum absolute atomic E-state index is 0.208. The van der Waals surface area contributed by atoms with Crippen LogP contribution in [-0.4, -0.2) is 19.6 Å². The number of aryl methyl sites for hydroxylation is 4. The lowest BCUT2D eigenvalue weighted by Crippen LogP contribution is -2.42. The van der Waals surface area contributed by atoms with E-state index in [-0.39, 0.29) is 12.5 Å². The van der Waals surface area contributed by atoms with Gasteiger partial charge >= 0.3 is 5.69 Å². The van der Waals surface area contributed by atoms with Crippen molar-refractivity contribution in [1.82, 2.24) is 19.0 Å². The number of hydrogen-bond acceptors (Lipinski definition) is 3. The van der Waals surface area contributed by atoms with E-state index in [4.69, 9.17) is 0 Å². The van der Waals surface area contributed by atoms with Crippen LogP contribution in [0.3, 0.4) is 0 Å². The van der Waals surface area contributed by atoms with Gasteiger partial charge in [0.15, 0.2) is 0 Å². The van der Waals surface area contributed by atoms with E-state index in [9.17, 15) is 14.4 Å². The lowest BCUT2D eigenvalue weighted by atomic mass is 10.1. The number of hydrogen-bond donors (Lipinski definition) is 1. The SMILES string of the molecule is Cc1ccc(CNC(=O)Cn2c(=O)n(-c3ccccc3C)c(=O)c3c2c2cc(C)ccc2n3C)cc1.